The Balaban J connectivity index is 1.48. The van der Waals surface area contributed by atoms with E-state index < -0.39 is 37.7 Å². The molecule has 0 unspecified atom stereocenters. The largest absolute Gasteiger partial charge is 0.464 e. The summed E-state index contributed by atoms with van der Waals surface area (Å²) < 4.78 is 72.7. The molecule has 1 aromatic heterocycles. The van der Waals surface area contributed by atoms with Crippen molar-refractivity contribution in [3.05, 3.63) is 76.9 Å². The maximum Gasteiger partial charge on any atom is 0.310 e. The molecular weight excluding hydrogens is 527 g/mol. The Labute approximate surface area is 213 Å². The smallest absolute Gasteiger partial charge is 0.310 e. The van der Waals surface area contributed by atoms with Gasteiger partial charge in [0.2, 0.25) is 19.9 Å². The molecule has 4 rings (SSSR count). The molecule has 0 aliphatic carbocycles. The van der Waals surface area contributed by atoms with Crippen molar-refractivity contribution in [2.24, 2.45) is 5.73 Å². The number of thiophene rings is 1. The number of carbonyl (C=O) groups is 1. The van der Waals surface area contributed by atoms with Gasteiger partial charge in [0.05, 0.1) is 22.3 Å². The van der Waals surface area contributed by atoms with E-state index in [-0.39, 0.29) is 40.1 Å². The molecular formula is C24H25FN2O6S3. The van der Waals surface area contributed by atoms with Crippen molar-refractivity contribution in [2.75, 3.05) is 13.2 Å². The number of sulfonamides is 1. The minimum atomic E-state index is -4.04. The van der Waals surface area contributed by atoms with Crippen LogP contribution >= 0.6 is 11.3 Å². The Morgan fingerprint density at radius 1 is 1.06 bits per heavy atom. The lowest BCUT2D eigenvalue weighted by molar-refractivity contribution is -0.143. The molecule has 0 amide bonds. The van der Waals surface area contributed by atoms with E-state index in [0.29, 0.717) is 23.3 Å². The molecule has 0 radical (unpaired) electrons. The third-order valence-corrected chi connectivity index (χ3v) is 11.1. The molecule has 1 fully saturated rings. The highest BCUT2D eigenvalue weighted by atomic mass is 32.2. The maximum absolute atomic E-state index is 13.4. The third kappa shape index (κ3) is 5.68. The average molecular weight is 553 g/mol. The summed E-state index contributed by atoms with van der Waals surface area (Å²) in [5.74, 6) is -0.960. The lowest BCUT2D eigenvalue weighted by atomic mass is 10.1. The first-order valence-corrected chi connectivity index (χ1v) is 14.9. The topological polar surface area (TPSA) is 124 Å². The predicted molar refractivity (Wildman–Crippen MR) is 132 cm³/mol. The first kappa shape index (κ1) is 26.4. The van der Waals surface area contributed by atoms with Crippen molar-refractivity contribution in [1.82, 2.24) is 4.31 Å². The van der Waals surface area contributed by atoms with Crippen molar-refractivity contribution in [1.29, 1.82) is 0 Å². The predicted octanol–water partition coefficient (Wildman–Crippen LogP) is 3.12. The molecule has 1 saturated heterocycles. The van der Waals surface area contributed by atoms with E-state index in [0.717, 1.165) is 17.4 Å². The van der Waals surface area contributed by atoms with Gasteiger partial charge in [0, 0.05) is 18.0 Å². The molecule has 1 atom stereocenters. The van der Waals surface area contributed by atoms with Crippen LogP contribution in [0.4, 0.5) is 4.39 Å². The summed E-state index contributed by atoms with van der Waals surface area (Å²) in [6.45, 7) is 0.304. The number of nitrogens with two attached hydrogens (primary N) is 1. The van der Waals surface area contributed by atoms with E-state index in [1.165, 1.54) is 52.8 Å². The van der Waals surface area contributed by atoms with Gasteiger partial charge in [-0.15, -0.1) is 11.3 Å². The van der Waals surface area contributed by atoms with Crippen LogP contribution in [0, 0.1) is 5.82 Å². The zero-order chi connectivity index (χ0) is 25.9. The number of hydrogen-bond donors (Lipinski definition) is 1. The van der Waals surface area contributed by atoms with E-state index in [1.807, 2.05) is 0 Å². The summed E-state index contributed by atoms with van der Waals surface area (Å²) in [5, 5.41) is 0. The lowest BCUT2D eigenvalue weighted by Gasteiger charge is -2.24. The molecule has 36 heavy (non-hydrogen) atoms. The molecule has 0 saturated carbocycles. The molecule has 1 aliphatic heterocycles. The van der Waals surface area contributed by atoms with Crippen LogP contribution in [0.5, 0.6) is 0 Å². The normalized spacial score (nSPS) is 16.8. The molecule has 12 heteroatoms. The van der Waals surface area contributed by atoms with E-state index in [9.17, 15) is 26.0 Å². The van der Waals surface area contributed by atoms with Crippen LogP contribution in [-0.2, 0) is 42.4 Å². The van der Waals surface area contributed by atoms with Crippen LogP contribution in [0.2, 0.25) is 0 Å². The SMILES string of the molecule is NCc1ccc(S(=O)(=O)c2cccc(S(=O)(=O)N3CCC[C@H]3COC(=O)Cc3ccc(F)cc3)c2)s1. The van der Waals surface area contributed by atoms with Gasteiger partial charge in [-0.3, -0.25) is 4.79 Å². The van der Waals surface area contributed by atoms with Gasteiger partial charge in [0.25, 0.3) is 0 Å². The number of hydrogen-bond acceptors (Lipinski definition) is 8. The van der Waals surface area contributed by atoms with Crippen LogP contribution < -0.4 is 5.73 Å². The van der Waals surface area contributed by atoms with Gasteiger partial charge >= 0.3 is 5.97 Å². The van der Waals surface area contributed by atoms with Crippen LogP contribution in [0.25, 0.3) is 0 Å². The molecule has 3 aromatic rings. The van der Waals surface area contributed by atoms with Gasteiger partial charge in [-0.05, 0) is 60.9 Å². The van der Waals surface area contributed by atoms with Crippen LogP contribution in [0.3, 0.4) is 0 Å². The zero-order valence-corrected chi connectivity index (χ0v) is 21.6. The number of nitrogens with zero attached hydrogens (tertiary/aromatic N) is 1. The highest BCUT2D eigenvalue weighted by molar-refractivity contribution is 7.93. The Hall–Kier alpha value is -2.64. The monoisotopic (exact) mass is 552 g/mol. The minimum absolute atomic E-state index is 0.0613. The summed E-state index contributed by atoms with van der Waals surface area (Å²) >= 11 is 1.04. The van der Waals surface area contributed by atoms with Gasteiger partial charge in [0.1, 0.15) is 16.6 Å². The van der Waals surface area contributed by atoms with E-state index >= 15 is 0 Å². The number of benzene rings is 2. The van der Waals surface area contributed by atoms with E-state index in [1.54, 1.807) is 6.07 Å². The standard InChI is InChI=1S/C24H25FN2O6S3/c25-18-8-6-17(7-9-18)13-23(28)33-16-19-3-2-12-27(19)36(31,32)22-5-1-4-21(14-22)35(29,30)24-11-10-20(15-26)34-24/h1,4-11,14,19H,2-3,12-13,15-16,26H2/t19-/m0/s1. The van der Waals surface area contributed by atoms with E-state index in [4.69, 9.17) is 10.5 Å². The summed E-state index contributed by atoms with van der Waals surface area (Å²) in [4.78, 5) is 12.7. The number of carbonyl (C=O) groups excluding carboxylic acids is 1. The number of esters is 1. The fraction of sp³-hybridized carbons (Fsp3) is 0.292. The van der Waals surface area contributed by atoms with Gasteiger partial charge in [-0.1, -0.05) is 18.2 Å². The summed E-state index contributed by atoms with van der Waals surface area (Å²) in [6, 6.07) is 13.2. The number of ether oxygens (including phenoxy) is 1. The second kappa shape index (κ2) is 10.8. The molecule has 0 bridgehead atoms. The zero-order valence-electron chi connectivity index (χ0n) is 19.2. The van der Waals surface area contributed by atoms with Crippen LogP contribution in [-0.4, -0.2) is 46.3 Å². The molecule has 2 N–H and O–H groups in total. The summed E-state index contributed by atoms with van der Waals surface area (Å²) in [6.07, 6.45) is 1.01. The van der Waals surface area contributed by atoms with Crippen molar-refractivity contribution < 1.29 is 30.8 Å². The molecule has 192 valence electrons. The average Bonchev–Trinajstić information content (AvgIpc) is 3.55. The number of sulfone groups is 1. The van der Waals surface area contributed by atoms with Crippen LogP contribution in [0.1, 0.15) is 23.3 Å². The summed E-state index contributed by atoms with van der Waals surface area (Å²) in [5.41, 5.74) is 6.17. The number of halogens is 1. The van der Waals surface area contributed by atoms with Gasteiger partial charge in [0.15, 0.2) is 0 Å². The maximum atomic E-state index is 13.4. The Bertz CT molecular complexity index is 1450. The van der Waals surface area contributed by atoms with Crippen molar-refractivity contribution >= 4 is 37.2 Å². The molecule has 0 spiro atoms. The van der Waals surface area contributed by atoms with Crippen molar-refractivity contribution in [3.8, 4) is 0 Å². The molecule has 2 heterocycles. The highest BCUT2D eigenvalue weighted by Crippen LogP contribution is 2.31. The highest BCUT2D eigenvalue weighted by Gasteiger charge is 2.36. The third-order valence-electron chi connectivity index (χ3n) is 5.85. The quantitative estimate of drug-likeness (QED) is 0.405. The second-order valence-corrected chi connectivity index (χ2v) is 13.5. The summed E-state index contributed by atoms with van der Waals surface area (Å²) in [7, 11) is -7.96. The van der Waals surface area contributed by atoms with Crippen molar-refractivity contribution in [2.45, 2.75) is 45.8 Å². The first-order valence-electron chi connectivity index (χ1n) is 11.2. The Morgan fingerprint density at radius 3 is 2.47 bits per heavy atom. The molecule has 2 aromatic carbocycles. The van der Waals surface area contributed by atoms with Gasteiger partial charge < -0.3 is 10.5 Å². The fourth-order valence-corrected chi connectivity index (χ4v) is 8.45. The van der Waals surface area contributed by atoms with Gasteiger partial charge in [-0.25, -0.2) is 21.2 Å². The van der Waals surface area contributed by atoms with Crippen LogP contribution in [0.15, 0.2) is 74.7 Å². The second-order valence-electron chi connectivity index (χ2n) is 8.30. The number of rotatable bonds is 9. The van der Waals surface area contributed by atoms with Crippen molar-refractivity contribution in [3.63, 3.8) is 0 Å². The molecule has 1 aliphatic rings. The molecule has 8 nitrogen and oxygen atoms in total. The Morgan fingerprint density at radius 2 is 1.78 bits per heavy atom. The fourth-order valence-electron chi connectivity index (χ4n) is 3.97. The van der Waals surface area contributed by atoms with Gasteiger partial charge in [-0.2, -0.15) is 4.31 Å². The first-order chi connectivity index (χ1) is 17.1. The lowest BCUT2D eigenvalue weighted by Crippen LogP contribution is -2.38. The van der Waals surface area contributed by atoms with E-state index in [2.05, 4.69) is 0 Å². The minimum Gasteiger partial charge on any atom is -0.464 e. The Kier molecular flexibility index (Phi) is 7.90.